The zero-order valence-electron chi connectivity index (χ0n) is 10.7. The highest BCUT2D eigenvalue weighted by molar-refractivity contribution is 5.60. The molecule has 0 aliphatic carbocycles. The maximum Gasteiger partial charge on any atom is 0.276 e. The standard InChI is InChI=1S/C14H18N2O3/c17-11-13-7-4-10-15(13)9-3-6-12-5-1-2-8-14(12)16(18)19/h1-3,5-6,8,13,17H,4,7,9-11H2/b6-3+. The van der Waals surface area contributed by atoms with Crippen LogP contribution in [0.15, 0.2) is 30.3 Å². The third-order valence-electron chi connectivity index (χ3n) is 3.48. The molecule has 19 heavy (non-hydrogen) atoms. The Morgan fingerprint density at radius 2 is 2.26 bits per heavy atom. The Bertz CT molecular complexity index is 474. The minimum Gasteiger partial charge on any atom is -0.395 e. The van der Waals surface area contributed by atoms with Gasteiger partial charge in [0.15, 0.2) is 0 Å². The highest BCUT2D eigenvalue weighted by Crippen LogP contribution is 2.20. The van der Waals surface area contributed by atoms with Crippen LogP contribution in [0.1, 0.15) is 18.4 Å². The van der Waals surface area contributed by atoms with Crippen molar-refractivity contribution in [3.63, 3.8) is 0 Å². The number of aliphatic hydroxyl groups is 1. The fraction of sp³-hybridized carbons (Fsp3) is 0.429. The molecule has 0 amide bonds. The van der Waals surface area contributed by atoms with E-state index < -0.39 is 0 Å². The number of rotatable bonds is 5. The third kappa shape index (κ3) is 3.39. The maximum atomic E-state index is 10.9. The van der Waals surface area contributed by atoms with Crippen molar-refractivity contribution in [3.05, 3.63) is 46.0 Å². The molecule has 5 nitrogen and oxygen atoms in total. The molecule has 1 unspecified atom stereocenters. The lowest BCUT2D eigenvalue weighted by molar-refractivity contribution is -0.385. The van der Waals surface area contributed by atoms with Gasteiger partial charge in [-0.2, -0.15) is 0 Å². The van der Waals surface area contributed by atoms with E-state index in [1.807, 2.05) is 6.08 Å². The molecule has 0 bridgehead atoms. The number of para-hydroxylation sites is 1. The topological polar surface area (TPSA) is 66.6 Å². The first-order valence-electron chi connectivity index (χ1n) is 6.47. The predicted octanol–water partition coefficient (Wildman–Crippen LogP) is 2.06. The number of nitro benzene ring substituents is 1. The smallest absolute Gasteiger partial charge is 0.276 e. The Labute approximate surface area is 112 Å². The predicted molar refractivity (Wildman–Crippen MR) is 73.8 cm³/mol. The fourth-order valence-electron chi connectivity index (χ4n) is 2.45. The van der Waals surface area contributed by atoms with E-state index in [2.05, 4.69) is 4.90 Å². The second kappa shape index (κ2) is 6.45. The van der Waals surface area contributed by atoms with E-state index in [1.54, 1.807) is 24.3 Å². The summed E-state index contributed by atoms with van der Waals surface area (Å²) in [5.74, 6) is 0. The Morgan fingerprint density at radius 3 is 3.00 bits per heavy atom. The van der Waals surface area contributed by atoms with Crippen LogP contribution in [0.25, 0.3) is 6.08 Å². The van der Waals surface area contributed by atoms with E-state index in [0.717, 1.165) is 25.9 Å². The molecule has 1 aromatic rings. The summed E-state index contributed by atoms with van der Waals surface area (Å²) in [4.78, 5) is 12.7. The van der Waals surface area contributed by atoms with Crippen molar-refractivity contribution in [3.8, 4) is 0 Å². The summed E-state index contributed by atoms with van der Waals surface area (Å²) in [7, 11) is 0. The van der Waals surface area contributed by atoms with Crippen LogP contribution in [0.2, 0.25) is 0 Å². The van der Waals surface area contributed by atoms with Gasteiger partial charge in [0.1, 0.15) is 0 Å². The largest absolute Gasteiger partial charge is 0.395 e. The summed E-state index contributed by atoms with van der Waals surface area (Å²) in [5, 5.41) is 20.1. The molecule has 0 radical (unpaired) electrons. The molecule has 1 aliphatic rings. The van der Waals surface area contributed by atoms with Crippen molar-refractivity contribution in [1.29, 1.82) is 0 Å². The molecule has 1 heterocycles. The van der Waals surface area contributed by atoms with Gasteiger partial charge in [0, 0.05) is 18.7 Å². The molecule has 1 aliphatic heterocycles. The van der Waals surface area contributed by atoms with Crippen LogP contribution in [0.4, 0.5) is 5.69 Å². The monoisotopic (exact) mass is 262 g/mol. The number of hydrogen-bond donors (Lipinski definition) is 1. The van der Waals surface area contributed by atoms with Gasteiger partial charge in [0.2, 0.25) is 0 Å². The Balaban J connectivity index is 2.01. The van der Waals surface area contributed by atoms with Crippen LogP contribution in [-0.4, -0.2) is 40.7 Å². The minimum atomic E-state index is -0.369. The van der Waals surface area contributed by atoms with Crippen molar-refractivity contribution >= 4 is 11.8 Å². The first kappa shape index (κ1) is 13.7. The van der Waals surface area contributed by atoms with Gasteiger partial charge in [-0.05, 0) is 25.5 Å². The molecule has 0 aromatic heterocycles. The van der Waals surface area contributed by atoms with Crippen LogP contribution in [0.5, 0.6) is 0 Å². The molecular formula is C14H18N2O3. The minimum absolute atomic E-state index is 0.124. The summed E-state index contributed by atoms with van der Waals surface area (Å²) in [6.45, 7) is 1.88. The van der Waals surface area contributed by atoms with Crippen molar-refractivity contribution < 1.29 is 10.0 Å². The Kier molecular flexibility index (Phi) is 4.65. The third-order valence-corrected chi connectivity index (χ3v) is 3.48. The van der Waals surface area contributed by atoms with Gasteiger partial charge < -0.3 is 5.11 Å². The molecule has 5 heteroatoms. The fourth-order valence-corrected chi connectivity index (χ4v) is 2.45. The van der Waals surface area contributed by atoms with Gasteiger partial charge in [0.05, 0.1) is 17.1 Å². The van der Waals surface area contributed by atoms with E-state index >= 15 is 0 Å². The van der Waals surface area contributed by atoms with Gasteiger partial charge in [0.25, 0.3) is 5.69 Å². The first-order valence-corrected chi connectivity index (χ1v) is 6.47. The summed E-state index contributed by atoms with van der Waals surface area (Å²) in [6.07, 6.45) is 5.83. The average molecular weight is 262 g/mol. The number of hydrogen-bond acceptors (Lipinski definition) is 4. The van der Waals surface area contributed by atoms with E-state index in [9.17, 15) is 15.2 Å². The highest BCUT2D eigenvalue weighted by Gasteiger charge is 2.22. The van der Waals surface area contributed by atoms with Crippen molar-refractivity contribution in [2.24, 2.45) is 0 Å². The van der Waals surface area contributed by atoms with E-state index in [-0.39, 0.29) is 23.3 Å². The van der Waals surface area contributed by atoms with Crippen LogP contribution < -0.4 is 0 Å². The van der Waals surface area contributed by atoms with Crippen LogP contribution >= 0.6 is 0 Å². The molecule has 2 rings (SSSR count). The maximum absolute atomic E-state index is 10.9. The number of nitrogens with zero attached hydrogens (tertiary/aromatic N) is 2. The number of nitro groups is 1. The van der Waals surface area contributed by atoms with Gasteiger partial charge in [-0.1, -0.05) is 24.3 Å². The second-order valence-electron chi connectivity index (χ2n) is 4.69. The molecule has 0 saturated carbocycles. The van der Waals surface area contributed by atoms with E-state index in [0.29, 0.717) is 5.56 Å². The zero-order chi connectivity index (χ0) is 13.7. The molecule has 1 saturated heterocycles. The summed E-state index contributed by atoms with van der Waals surface area (Å²) >= 11 is 0. The zero-order valence-corrected chi connectivity index (χ0v) is 10.7. The van der Waals surface area contributed by atoms with Crippen LogP contribution in [-0.2, 0) is 0 Å². The Morgan fingerprint density at radius 1 is 1.47 bits per heavy atom. The van der Waals surface area contributed by atoms with Gasteiger partial charge in [-0.3, -0.25) is 15.0 Å². The van der Waals surface area contributed by atoms with Gasteiger partial charge in [-0.25, -0.2) is 0 Å². The SMILES string of the molecule is O=[N+]([O-])c1ccccc1/C=C/CN1CCCC1CO. The van der Waals surface area contributed by atoms with Crippen molar-refractivity contribution in [1.82, 2.24) is 4.90 Å². The molecule has 1 N–H and O–H groups in total. The van der Waals surface area contributed by atoms with Gasteiger partial charge in [-0.15, -0.1) is 0 Å². The first-order chi connectivity index (χ1) is 9.22. The van der Waals surface area contributed by atoms with Crippen molar-refractivity contribution in [2.45, 2.75) is 18.9 Å². The quantitative estimate of drug-likeness (QED) is 0.651. The summed E-state index contributed by atoms with van der Waals surface area (Å²) in [6, 6.07) is 6.93. The summed E-state index contributed by atoms with van der Waals surface area (Å²) < 4.78 is 0. The lowest BCUT2D eigenvalue weighted by Crippen LogP contribution is -2.32. The average Bonchev–Trinajstić information content (AvgIpc) is 2.86. The summed E-state index contributed by atoms with van der Waals surface area (Å²) in [5.41, 5.74) is 0.742. The number of aliphatic hydroxyl groups excluding tert-OH is 1. The molecule has 102 valence electrons. The van der Waals surface area contributed by atoms with Crippen molar-refractivity contribution in [2.75, 3.05) is 19.7 Å². The molecular weight excluding hydrogens is 244 g/mol. The molecule has 0 spiro atoms. The molecule has 1 aromatic carbocycles. The van der Waals surface area contributed by atoms with E-state index in [1.165, 1.54) is 6.07 Å². The highest BCUT2D eigenvalue weighted by atomic mass is 16.6. The van der Waals surface area contributed by atoms with E-state index in [4.69, 9.17) is 0 Å². The molecule has 1 atom stereocenters. The second-order valence-corrected chi connectivity index (χ2v) is 4.69. The number of likely N-dealkylation sites (tertiary alicyclic amines) is 1. The lowest BCUT2D eigenvalue weighted by atomic mass is 10.1. The van der Waals surface area contributed by atoms with Crippen LogP contribution in [0.3, 0.4) is 0 Å². The Hall–Kier alpha value is -1.72. The molecule has 1 fully saturated rings. The number of benzene rings is 1. The normalized spacial score (nSPS) is 20.2. The van der Waals surface area contributed by atoms with Gasteiger partial charge >= 0.3 is 0 Å². The lowest BCUT2D eigenvalue weighted by Gasteiger charge is -2.20. The van der Waals surface area contributed by atoms with Crippen LogP contribution in [0, 0.1) is 10.1 Å².